The highest BCUT2D eigenvalue weighted by molar-refractivity contribution is 6.31. The van der Waals surface area contributed by atoms with Gasteiger partial charge in [0.15, 0.2) is 0 Å². The van der Waals surface area contributed by atoms with Gasteiger partial charge in [0.25, 0.3) is 5.91 Å². The smallest absolute Gasteiger partial charge is 0.388 e. The van der Waals surface area contributed by atoms with Crippen molar-refractivity contribution in [2.24, 2.45) is 0 Å². The van der Waals surface area contributed by atoms with Gasteiger partial charge in [0.1, 0.15) is 5.15 Å². The van der Waals surface area contributed by atoms with Crippen LogP contribution in [0.25, 0.3) is 0 Å². The van der Waals surface area contributed by atoms with Crippen LogP contribution >= 0.6 is 11.6 Å². The Kier molecular flexibility index (Phi) is 3.42. The standard InChI is InChI=1S/C13H8ClF2N3O2/c14-11-9-6-19(12(20)8(9)3-4-17-11)7-1-2-10(18-5-7)21-13(15)16/h1-5,13H,6H2. The lowest BCUT2D eigenvalue weighted by molar-refractivity contribution is -0.0528. The number of carbonyl (C=O) groups excluding carboxylic acids is 1. The van der Waals surface area contributed by atoms with E-state index in [4.69, 9.17) is 11.6 Å². The number of fused-ring (bicyclic) bond motifs is 1. The molecule has 21 heavy (non-hydrogen) atoms. The van der Waals surface area contributed by atoms with Crippen molar-refractivity contribution in [2.45, 2.75) is 13.2 Å². The van der Waals surface area contributed by atoms with Crippen LogP contribution in [-0.2, 0) is 6.54 Å². The Morgan fingerprint density at radius 1 is 1.29 bits per heavy atom. The Labute approximate surface area is 123 Å². The third-order valence-electron chi connectivity index (χ3n) is 3.04. The maximum atomic E-state index is 12.3. The summed E-state index contributed by atoms with van der Waals surface area (Å²) in [5.74, 6) is -0.448. The molecule has 0 spiro atoms. The summed E-state index contributed by atoms with van der Waals surface area (Å²) in [5.41, 5.74) is 1.58. The summed E-state index contributed by atoms with van der Waals surface area (Å²) >= 11 is 5.96. The molecule has 0 saturated heterocycles. The van der Waals surface area contributed by atoms with E-state index in [9.17, 15) is 13.6 Å². The van der Waals surface area contributed by atoms with E-state index in [1.807, 2.05) is 0 Å². The number of hydrogen-bond acceptors (Lipinski definition) is 4. The Morgan fingerprint density at radius 2 is 2.10 bits per heavy atom. The number of carbonyl (C=O) groups is 1. The van der Waals surface area contributed by atoms with Crippen molar-refractivity contribution in [1.82, 2.24) is 9.97 Å². The monoisotopic (exact) mass is 311 g/mol. The number of anilines is 1. The van der Waals surface area contributed by atoms with Crippen molar-refractivity contribution in [3.8, 4) is 5.88 Å². The van der Waals surface area contributed by atoms with Crippen LogP contribution in [0.3, 0.4) is 0 Å². The molecule has 2 aromatic rings. The number of aromatic nitrogens is 2. The Bertz CT molecular complexity index is 694. The highest BCUT2D eigenvalue weighted by Gasteiger charge is 2.30. The molecule has 0 aliphatic carbocycles. The second-order valence-electron chi connectivity index (χ2n) is 4.25. The van der Waals surface area contributed by atoms with Gasteiger partial charge in [-0.1, -0.05) is 11.6 Å². The zero-order valence-electron chi connectivity index (χ0n) is 10.5. The average molecular weight is 312 g/mol. The minimum Gasteiger partial charge on any atom is -0.417 e. The van der Waals surface area contributed by atoms with Gasteiger partial charge in [0, 0.05) is 23.4 Å². The zero-order valence-corrected chi connectivity index (χ0v) is 11.2. The topological polar surface area (TPSA) is 55.3 Å². The number of amides is 1. The molecule has 0 saturated carbocycles. The number of pyridine rings is 2. The lowest BCUT2D eigenvalue weighted by Crippen LogP contribution is -2.23. The van der Waals surface area contributed by atoms with Crippen molar-refractivity contribution in [3.63, 3.8) is 0 Å². The number of rotatable bonds is 3. The molecule has 5 nitrogen and oxygen atoms in total. The Hall–Kier alpha value is -2.28. The maximum absolute atomic E-state index is 12.3. The van der Waals surface area contributed by atoms with E-state index >= 15 is 0 Å². The van der Waals surface area contributed by atoms with Crippen LogP contribution in [0.15, 0.2) is 30.6 Å². The van der Waals surface area contributed by atoms with Gasteiger partial charge in [-0.3, -0.25) is 4.79 Å². The SMILES string of the molecule is O=C1c2ccnc(Cl)c2CN1c1ccc(OC(F)F)nc1. The fourth-order valence-electron chi connectivity index (χ4n) is 2.09. The molecule has 108 valence electrons. The third kappa shape index (κ3) is 2.52. The normalized spacial score (nSPS) is 13.7. The van der Waals surface area contributed by atoms with Gasteiger partial charge >= 0.3 is 6.61 Å². The molecular formula is C13H8ClF2N3O2. The molecule has 2 aromatic heterocycles. The lowest BCUT2D eigenvalue weighted by Gasteiger charge is -2.15. The first-order chi connectivity index (χ1) is 10.1. The van der Waals surface area contributed by atoms with E-state index in [1.54, 1.807) is 6.07 Å². The largest absolute Gasteiger partial charge is 0.417 e. The molecule has 0 bridgehead atoms. The summed E-state index contributed by atoms with van der Waals surface area (Å²) in [6.07, 6.45) is 2.75. The first-order valence-corrected chi connectivity index (χ1v) is 6.30. The van der Waals surface area contributed by atoms with Gasteiger partial charge in [0.05, 0.1) is 18.4 Å². The van der Waals surface area contributed by atoms with E-state index in [1.165, 1.54) is 29.4 Å². The quantitative estimate of drug-likeness (QED) is 0.818. The van der Waals surface area contributed by atoms with Crippen LogP contribution in [0.2, 0.25) is 5.15 Å². The van der Waals surface area contributed by atoms with Gasteiger partial charge in [0.2, 0.25) is 5.88 Å². The van der Waals surface area contributed by atoms with E-state index in [2.05, 4.69) is 14.7 Å². The van der Waals surface area contributed by atoms with Crippen molar-refractivity contribution >= 4 is 23.2 Å². The van der Waals surface area contributed by atoms with Gasteiger partial charge in [-0.15, -0.1) is 0 Å². The Balaban J connectivity index is 1.86. The molecule has 0 N–H and O–H groups in total. The zero-order chi connectivity index (χ0) is 15.0. The van der Waals surface area contributed by atoms with Crippen molar-refractivity contribution in [2.75, 3.05) is 4.90 Å². The molecule has 8 heteroatoms. The molecule has 0 atom stereocenters. The third-order valence-corrected chi connectivity index (χ3v) is 3.36. The van der Waals surface area contributed by atoms with Gasteiger partial charge in [-0.05, 0) is 12.1 Å². The van der Waals surface area contributed by atoms with Crippen LogP contribution in [0.5, 0.6) is 5.88 Å². The van der Waals surface area contributed by atoms with Crippen molar-refractivity contribution < 1.29 is 18.3 Å². The summed E-state index contributed by atoms with van der Waals surface area (Å²) in [4.78, 5) is 21.4. The summed E-state index contributed by atoms with van der Waals surface area (Å²) in [5, 5.41) is 0.272. The van der Waals surface area contributed by atoms with Crippen LogP contribution in [0, 0.1) is 0 Å². The van der Waals surface area contributed by atoms with E-state index in [0.29, 0.717) is 16.8 Å². The van der Waals surface area contributed by atoms with Gasteiger partial charge in [-0.25, -0.2) is 9.97 Å². The molecule has 3 rings (SSSR count). The first-order valence-electron chi connectivity index (χ1n) is 5.92. The second-order valence-corrected chi connectivity index (χ2v) is 4.61. The molecule has 0 radical (unpaired) electrons. The first kappa shape index (κ1) is 13.7. The molecular weight excluding hydrogens is 304 g/mol. The van der Waals surface area contributed by atoms with Crippen molar-refractivity contribution in [1.29, 1.82) is 0 Å². The lowest BCUT2D eigenvalue weighted by atomic mass is 10.2. The molecule has 0 unspecified atom stereocenters. The molecule has 3 heterocycles. The van der Waals surface area contributed by atoms with E-state index in [-0.39, 0.29) is 23.5 Å². The summed E-state index contributed by atoms with van der Waals surface area (Å²) in [6.45, 7) is -2.68. The fraction of sp³-hybridized carbons (Fsp3) is 0.154. The van der Waals surface area contributed by atoms with Crippen LogP contribution < -0.4 is 9.64 Å². The molecule has 1 amide bonds. The number of hydrogen-bond donors (Lipinski definition) is 0. The predicted molar refractivity (Wildman–Crippen MR) is 70.6 cm³/mol. The fourth-order valence-corrected chi connectivity index (χ4v) is 2.31. The average Bonchev–Trinajstić information content (AvgIpc) is 2.78. The van der Waals surface area contributed by atoms with Crippen LogP contribution in [0.4, 0.5) is 14.5 Å². The summed E-state index contributed by atoms with van der Waals surface area (Å²) < 4.78 is 28.3. The van der Waals surface area contributed by atoms with E-state index < -0.39 is 6.61 Å². The maximum Gasteiger partial charge on any atom is 0.388 e. The van der Waals surface area contributed by atoms with Gasteiger partial charge in [-0.2, -0.15) is 8.78 Å². The number of ether oxygens (including phenoxy) is 1. The number of halogens is 3. The molecule has 1 aliphatic heterocycles. The Morgan fingerprint density at radius 3 is 2.71 bits per heavy atom. The highest BCUT2D eigenvalue weighted by Crippen LogP contribution is 2.31. The minimum atomic E-state index is -2.94. The predicted octanol–water partition coefficient (Wildman–Crippen LogP) is 2.89. The number of nitrogens with zero attached hydrogens (tertiary/aromatic N) is 3. The summed E-state index contributed by atoms with van der Waals surface area (Å²) in [7, 11) is 0. The molecule has 1 aliphatic rings. The van der Waals surface area contributed by atoms with E-state index in [0.717, 1.165) is 0 Å². The summed E-state index contributed by atoms with van der Waals surface area (Å²) in [6, 6.07) is 4.35. The highest BCUT2D eigenvalue weighted by atomic mass is 35.5. The molecule has 0 aromatic carbocycles. The molecule has 0 fully saturated rings. The van der Waals surface area contributed by atoms with Crippen LogP contribution in [0.1, 0.15) is 15.9 Å². The van der Waals surface area contributed by atoms with Crippen molar-refractivity contribution in [3.05, 3.63) is 46.9 Å². The van der Waals surface area contributed by atoms with Crippen LogP contribution in [-0.4, -0.2) is 22.5 Å². The van der Waals surface area contributed by atoms with Gasteiger partial charge < -0.3 is 9.64 Å². The minimum absolute atomic E-state index is 0.211. The number of alkyl halides is 2. The second kappa shape index (κ2) is 5.25.